The van der Waals surface area contributed by atoms with Crippen LogP contribution in [0.3, 0.4) is 0 Å². The average molecular weight is 478 g/mol. The zero-order chi connectivity index (χ0) is 24.3. The third-order valence-corrected chi connectivity index (χ3v) is 7.62. The van der Waals surface area contributed by atoms with Gasteiger partial charge in [0.05, 0.1) is 17.1 Å². The van der Waals surface area contributed by atoms with Gasteiger partial charge in [-0.1, -0.05) is 0 Å². The first-order valence-electron chi connectivity index (χ1n) is 11.8. The van der Waals surface area contributed by atoms with Gasteiger partial charge in [0.2, 0.25) is 0 Å². The number of carbonyl (C=O) groups is 1. The van der Waals surface area contributed by atoms with Gasteiger partial charge in [-0.05, 0) is 49.7 Å². The monoisotopic (exact) mass is 477 g/mol. The minimum absolute atomic E-state index is 0.157. The van der Waals surface area contributed by atoms with Crippen LogP contribution < -0.4 is 5.32 Å². The van der Waals surface area contributed by atoms with Crippen LogP contribution in [-0.2, 0) is 11.8 Å². The largest absolute Gasteiger partial charge is 0.481 e. The molecule has 3 N–H and O–H groups in total. The number of aryl methyl sites for hydroxylation is 1. The molecular weight excluding hydrogens is 452 g/mol. The fourth-order valence-corrected chi connectivity index (χ4v) is 5.97. The van der Waals surface area contributed by atoms with E-state index in [1.54, 1.807) is 6.20 Å². The number of carboxylic acid groups (broad SMARTS) is 1. The lowest BCUT2D eigenvalue weighted by Gasteiger charge is -2.47. The average Bonchev–Trinajstić information content (AvgIpc) is 3.46. The molecule has 3 aromatic heterocycles. The Bertz CT molecular complexity index is 1440. The molecule has 7 nitrogen and oxygen atoms in total. The summed E-state index contributed by atoms with van der Waals surface area (Å²) >= 11 is 0. The van der Waals surface area contributed by atoms with Crippen molar-refractivity contribution in [3.8, 4) is 22.6 Å². The number of nitrogens with zero attached hydrogens (tertiary/aromatic N) is 3. The van der Waals surface area contributed by atoms with Gasteiger partial charge in [-0.15, -0.1) is 0 Å². The van der Waals surface area contributed by atoms with Gasteiger partial charge >= 0.3 is 5.97 Å². The number of H-pyrrole nitrogens is 1. The fourth-order valence-electron chi connectivity index (χ4n) is 5.97. The van der Waals surface area contributed by atoms with Gasteiger partial charge in [0.1, 0.15) is 17.5 Å². The molecule has 3 aliphatic rings. The Kier molecular flexibility index (Phi) is 5.09. The van der Waals surface area contributed by atoms with E-state index in [0.29, 0.717) is 28.3 Å². The number of carboxylic acids is 1. The van der Waals surface area contributed by atoms with Crippen molar-refractivity contribution in [3.63, 3.8) is 0 Å². The van der Waals surface area contributed by atoms with E-state index in [0.717, 1.165) is 37.3 Å². The van der Waals surface area contributed by atoms with Crippen molar-refractivity contribution in [3.05, 3.63) is 54.5 Å². The van der Waals surface area contributed by atoms with E-state index in [1.807, 2.05) is 36.1 Å². The SMILES string of the molecule is Cn1ccc(-c2cc(N[C@@H]3C4CCC(CC4)[C@H]3C(=O)O)nc(-c3c[nH]c4c(F)cc(F)cc34)n2)c1. The molecule has 1 aromatic carbocycles. The standard InChI is InChI=1S/C26H25F2N5O2/c1-33-7-6-15(12-33)20-10-21(31-23-14-4-2-13(3-5-14)22(23)26(34)35)32-25(30-20)18-11-29-24-17(18)8-16(27)9-19(24)28/h6-14,22-23,29H,2-5H2,1H3,(H,34,35)(H,30,31,32)/t13?,14?,22-,23-/m1/s1. The minimum Gasteiger partial charge on any atom is -0.481 e. The lowest BCUT2D eigenvalue weighted by Crippen LogP contribution is -2.51. The lowest BCUT2D eigenvalue weighted by atomic mass is 9.61. The molecular formula is C26H25F2N5O2. The summed E-state index contributed by atoms with van der Waals surface area (Å²) in [6, 6.07) is 5.60. The van der Waals surface area contributed by atoms with E-state index in [2.05, 4.69) is 10.3 Å². The van der Waals surface area contributed by atoms with Gasteiger partial charge < -0.3 is 20.0 Å². The summed E-state index contributed by atoms with van der Waals surface area (Å²) in [5, 5.41) is 13.8. The second-order valence-corrected chi connectivity index (χ2v) is 9.75. The van der Waals surface area contributed by atoms with Crippen LogP contribution in [0.4, 0.5) is 14.6 Å². The molecule has 9 heteroatoms. The first-order valence-corrected chi connectivity index (χ1v) is 11.8. The van der Waals surface area contributed by atoms with Crippen LogP contribution in [-0.4, -0.2) is 36.6 Å². The van der Waals surface area contributed by atoms with E-state index in [4.69, 9.17) is 9.97 Å². The smallest absolute Gasteiger partial charge is 0.308 e. The van der Waals surface area contributed by atoms with E-state index in [-0.39, 0.29) is 23.4 Å². The van der Waals surface area contributed by atoms with Crippen molar-refractivity contribution in [2.24, 2.45) is 24.8 Å². The maximum absolute atomic E-state index is 14.3. The molecule has 0 aliphatic heterocycles. The van der Waals surface area contributed by atoms with Crippen LogP contribution in [0, 0.1) is 29.4 Å². The summed E-state index contributed by atoms with van der Waals surface area (Å²) in [6.45, 7) is 0. The van der Waals surface area contributed by atoms with Crippen LogP contribution in [0.5, 0.6) is 0 Å². The highest BCUT2D eigenvalue weighted by Gasteiger charge is 2.47. The molecule has 4 aromatic rings. The van der Waals surface area contributed by atoms with Gasteiger partial charge in [0, 0.05) is 60.3 Å². The molecule has 2 bridgehead atoms. The van der Waals surface area contributed by atoms with Gasteiger partial charge in [-0.2, -0.15) is 0 Å². The van der Waals surface area contributed by atoms with Crippen molar-refractivity contribution in [1.82, 2.24) is 19.5 Å². The number of fused-ring (bicyclic) bond motifs is 4. The molecule has 3 aliphatic carbocycles. The summed E-state index contributed by atoms with van der Waals surface area (Å²) in [6.07, 6.45) is 9.28. The summed E-state index contributed by atoms with van der Waals surface area (Å²) in [5.41, 5.74) is 2.15. The molecule has 2 atom stereocenters. The minimum atomic E-state index is -0.781. The number of aliphatic carboxylic acids is 1. The van der Waals surface area contributed by atoms with Gasteiger partial charge in [-0.3, -0.25) is 4.79 Å². The van der Waals surface area contributed by atoms with Crippen LogP contribution in [0.15, 0.2) is 42.9 Å². The Morgan fingerprint density at radius 3 is 2.63 bits per heavy atom. The Hall–Kier alpha value is -3.75. The molecule has 0 spiro atoms. The Morgan fingerprint density at radius 1 is 1.14 bits per heavy atom. The molecule has 180 valence electrons. The van der Waals surface area contributed by atoms with E-state index in [9.17, 15) is 18.7 Å². The second kappa shape index (κ2) is 8.18. The molecule has 3 saturated carbocycles. The van der Waals surface area contributed by atoms with Crippen LogP contribution in [0.25, 0.3) is 33.5 Å². The number of benzene rings is 1. The van der Waals surface area contributed by atoms with Crippen molar-refractivity contribution in [2.75, 3.05) is 5.32 Å². The normalized spacial score (nSPS) is 23.6. The Labute approximate surface area is 200 Å². The number of hydrogen-bond acceptors (Lipinski definition) is 4. The molecule has 3 fully saturated rings. The molecule has 0 saturated heterocycles. The van der Waals surface area contributed by atoms with Crippen molar-refractivity contribution in [1.29, 1.82) is 0 Å². The number of anilines is 1. The summed E-state index contributed by atoms with van der Waals surface area (Å²) in [5.74, 6) is -1.40. The number of nitrogens with one attached hydrogen (secondary N) is 2. The third kappa shape index (κ3) is 3.75. The summed E-state index contributed by atoms with van der Waals surface area (Å²) < 4.78 is 30.3. The lowest BCUT2D eigenvalue weighted by molar-refractivity contribution is -0.148. The van der Waals surface area contributed by atoms with Crippen LogP contribution >= 0.6 is 0 Å². The van der Waals surface area contributed by atoms with Crippen LogP contribution in [0.1, 0.15) is 25.7 Å². The predicted octanol–water partition coefficient (Wildman–Crippen LogP) is 5.21. The molecule has 7 rings (SSSR count). The number of aromatic nitrogens is 4. The van der Waals surface area contributed by atoms with Gasteiger partial charge in [-0.25, -0.2) is 18.7 Å². The zero-order valence-electron chi connectivity index (χ0n) is 19.1. The zero-order valence-corrected chi connectivity index (χ0v) is 19.1. The number of halogens is 2. The van der Waals surface area contributed by atoms with Crippen molar-refractivity contribution >= 4 is 22.7 Å². The fraction of sp³-hybridized carbons (Fsp3) is 0.346. The predicted molar refractivity (Wildman–Crippen MR) is 128 cm³/mol. The first kappa shape index (κ1) is 21.8. The van der Waals surface area contributed by atoms with Crippen LogP contribution in [0.2, 0.25) is 0 Å². The van der Waals surface area contributed by atoms with Gasteiger partial charge in [0.25, 0.3) is 0 Å². The first-order chi connectivity index (χ1) is 16.9. The quantitative estimate of drug-likeness (QED) is 0.367. The third-order valence-electron chi connectivity index (χ3n) is 7.62. The maximum Gasteiger partial charge on any atom is 0.308 e. The summed E-state index contributed by atoms with van der Waals surface area (Å²) in [7, 11) is 1.91. The topological polar surface area (TPSA) is 95.8 Å². The molecule has 0 radical (unpaired) electrons. The van der Waals surface area contributed by atoms with E-state index >= 15 is 0 Å². The van der Waals surface area contributed by atoms with E-state index < -0.39 is 23.5 Å². The van der Waals surface area contributed by atoms with Gasteiger partial charge in [0.15, 0.2) is 5.82 Å². The second-order valence-electron chi connectivity index (χ2n) is 9.75. The summed E-state index contributed by atoms with van der Waals surface area (Å²) in [4.78, 5) is 24.4. The molecule has 0 unspecified atom stereocenters. The molecule has 0 amide bonds. The number of hydrogen-bond donors (Lipinski definition) is 3. The highest BCUT2D eigenvalue weighted by atomic mass is 19.1. The number of rotatable bonds is 5. The van der Waals surface area contributed by atoms with Crippen molar-refractivity contribution in [2.45, 2.75) is 31.7 Å². The highest BCUT2D eigenvalue weighted by molar-refractivity contribution is 5.94. The Morgan fingerprint density at radius 2 is 1.91 bits per heavy atom. The van der Waals surface area contributed by atoms with Crippen molar-refractivity contribution < 1.29 is 18.7 Å². The maximum atomic E-state index is 14.3. The number of aromatic amines is 1. The Balaban J connectivity index is 1.47. The molecule has 35 heavy (non-hydrogen) atoms. The molecule has 3 heterocycles. The van der Waals surface area contributed by atoms with E-state index in [1.165, 1.54) is 6.07 Å². The highest BCUT2D eigenvalue weighted by Crippen LogP contribution is 2.46.